The van der Waals surface area contributed by atoms with E-state index in [0.717, 1.165) is 21.7 Å². The highest BCUT2D eigenvalue weighted by Crippen LogP contribution is 2.43. The summed E-state index contributed by atoms with van der Waals surface area (Å²) in [5, 5.41) is 10.7. The van der Waals surface area contributed by atoms with Crippen molar-refractivity contribution in [2.75, 3.05) is 22.8 Å². The Balaban J connectivity index is 2.05. The molecule has 0 radical (unpaired) electrons. The number of hydrogen-bond donors (Lipinski definition) is 2. The Morgan fingerprint density at radius 2 is 1.88 bits per heavy atom. The molecule has 1 aliphatic rings. The maximum Gasteiger partial charge on any atom is 0.427 e. The highest BCUT2D eigenvalue weighted by molar-refractivity contribution is 7.93. The van der Waals surface area contributed by atoms with E-state index >= 15 is 0 Å². The SMILES string of the molecule is CCc1nc(S(=O)(=O)N2CC(CC(C)C(=O)O)Oc3ccc(NC(=O)OC(C)(C)C(F)(F)F)cc32)c(OCC(C)(F)F)s1. The van der Waals surface area contributed by atoms with E-state index in [4.69, 9.17) is 9.47 Å². The van der Waals surface area contributed by atoms with Gasteiger partial charge in [-0.05, 0) is 44.9 Å². The number of halogens is 5. The lowest BCUT2D eigenvalue weighted by Crippen LogP contribution is -2.45. The predicted octanol–water partition coefficient (Wildman–Crippen LogP) is 5.70. The Labute approximate surface area is 248 Å². The van der Waals surface area contributed by atoms with Gasteiger partial charge in [0.15, 0.2) is 6.61 Å². The number of aryl methyl sites for hydroxylation is 1. The van der Waals surface area contributed by atoms with Gasteiger partial charge in [-0.25, -0.2) is 18.6 Å². The molecule has 2 N–H and O–H groups in total. The second-order valence-electron chi connectivity index (χ2n) is 10.4. The highest BCUT2D eigenvalue weighted by atomic mass is 32.2. The Hall–Kier alpha value is -3.41. The minimum absolute atomic E-state index is 0.0690. The smallest absolute Gasteiger partial charge is 0.427 e. The molecule has 2 heterocycles. The van der Waals surface area contributed by atoms with Crippen LogP contribution in [0, 0.1) is 5.92 Å². The number of alkyl halides is 5. The van der Waals surface area contributed by atoms with Crippen LogP contribution in [0.15, 0.2) is 23.2 Å². The molecule has 0 saturated carbocycles. The summed E-state index contributed by atoms with van der Waals surface area (Å²) in [6.45, 7) is 3.35. The minimum Gasteiger partial charge on any atom is -0.486 e. The molecule has 0 spiro atoms. The summed E-state index contributed by atoms with van der Waals surface area (Å²) in [5.41, 5.74) is -3.20. The zero-order valence-electron chi connectivity index (χ0n) is 23.6. The highest BCUT2D eigenvalue weighted by Gasteiger charge is 2.51. The zero-order chi connectivity index (χ0) is 32.5. The lowest BCUT2D eigenvalue weighted by atomic mass is 10.0. The molecular formula is C25H30F5N3O8S2. The second-order valence-corrected chi connectivity index (χ2v) is 13.2. The summed E-state index contributed by atoms with van der Waals surface area (Å²) in [6, 6.07) is 3.54. The molecule has 0 aliphatic carbocycles. The molecule has 0 fully saturated rings. The van der Waals surface area contributed by atoms with Gasteiger partial charge in [0.05, 0.1) is 23.2 Å². The topological polar surface area (TPSA) is 144 Å². The first-order valence-corrected chi connectivity index (χ1v) is 15.0. The molecule has 43 heavy (non-hydrogen) atoms. The average molecular weight is 660 g/mol. The molecule has 0 bridgehead atoms. The van der Waals surface area contributed by atoms with Crippen molar-refractivity contribution in [1.82, 2.24) is 4.98 Å². The Bertz CT molecular complexity index is 1460. The van der Waals surface area contributed by atoms with E-state index in [0.29, 0.717) is 20.8 Å². The number of carboxylic acids is 1. The van der Waals surface area contributed by atoms with Crippen LogP contribution in [-0.2, 0) is 26.0 Å². The molecule has 1 aromatic heterocycles. The maximum atomic E-state index is 14.0. The number of carboxylic acid groups (broad SMARTS) is 1. The Morgan fingerprint density at radius 1 is 1.23 bits per heavy atom. The van der Waals surface area contributed by atoms with Crippen molar-refractivity contribution in [1.29, 1.82) is 0 Å². The average Bonchev–Trinajstić information content (AvgIpc) is 3.30. The first-order chi connectivity index (χ1) is 19.6. The van der Waals surface area contributed by atoms with E-state index in [1.165, 1.54) is 19.1 Å². The summed E-state index contributed by atoms with van der Waals surface area (Å²) in [4.78, 5) is 27.8. The van der Waals surface area contributed by atoms with E-state index in [2.05, 4.69) is 15.0 Å². The van der Waals surface area contributed by atoms with Gasteiger partial charge in [0.25, 0.3) is 15.9 Å². The van der Waals surface area contributed by atoms with Gasteiger partial charge < -0.3 is 19.3 Å². The molecule has 11 nitrogen and oxygen atoms in total. The fraction of sp³-hybridized carbons (Fsp3) is 0.560. The summed E-state index contributed by atoms with van der Waals surface area (Å²) in [6.07, 6.45) is -7.22. The number of ether oxygens (including phenoxy) is 3. The van der Waals surface area contributed by atoms with Crippen molar-refractivity contribution in [3.05, 3.63) is 23.2 Å². The number of nitrogens with zero attached hydrogens (tertiary/aromatic N) is 2. The third kappa shape index (κ3) is 8.16. The third-order valence-electron chi connectivity index (χ3n) is 6.11. The van der Waals surface area contributed by atoms with Gasteiger partial charge >= 0.3 is 18.2 Å². The predicted molar refractivity (Wildman–Crippen MR) is 145 cm³/mol. The van der Waals surface area contributed by atoms with Crippen molar-refractivity contribution in [2.24, 2.45) is 5.92 Å². The van der Waals surface area contributed by atoms with Crippen molar-refractivity contribution in [2.45, 2.75) is 76.3 Å². The first kappa shape index (κ1) is 34.1. The number of rotatable bonds is 11. The monoisotopic (exact) mass is 659 g/mol. The van der Waals surface area contributed by atoms with E-state index in [1.807, 2.05) is 0 Å². The number of carbonyl (C=O) groups is 2. The quantitative estimate of drug-likeness (QED) is 0.291. The summed E-state index contributed by atoms with van der Waals surface area (Å²) in [5.74, 6) is -5.47. The van der Waals surface area contributed by atoms with Crippen LogP contribution < -0.4 is 19.1 Å². The van der Waals surface area contributed by atoms with Crippen LogP contribution in [0.2, 0.25) is 0 Å². The molecule has 1 aromatic carbocycles. The van der Waals surface area contributed by atoms with Crippen LogP contribution in [-0.4, -0.2) is 67.5 Å². The number of benzene rings is 1. The number of hydrogen-bond acceptors (Lipinski definition) is 9. The van der Waals surface area contributed by atoms with Gasteiger partial charge in [-0.2, -0.15) is 21.6 Å². The number of nitrogens with one attached hydrogen (secondary N) is 1. The number of aromatic nitrogens is 1. The molecule has 3 rings (SSSR count). The normalized spacial score (nSPS) is 16.6. The molecule has 1 amide bonds. The van der Waals surface area contributed by atoms with E-state index in [1.54, 1.807) is 6.92 Å². The standard InChI is InChI=1S/C25H30F5N3O8S2/c1-6-18-32-19(21(42-18)39-12-24(5,26)27)43(37,38)33-11-15(9-13(2)20(34)35)40-17-8-7-14(10-16(17)33)31-22(36)41-23(3,4)25(28,29)30/h7-8,10,13,15H,6,9,11-12H2,1-5H3,(H,31,36)(H,34,35). The van der Waals surface area contributed by atoms with Gasteiger partial charge in [0, 0.05) is 12.6 Å². The van der Waals surface area contributed by atoms with Gasteiger partial charge in [-0.15, -0.1) is 0 Å². The number of thiazole rings is 1. The van der Waals surface area contributed by atoms with Crippen LogP contribution in [0.5, 0.6) is 10.8 Å². The van der Waals surface area contributed by atoms with Crippen LogP contribution >= 0.6 is 11.3 Å². The molecule has 2 atom stereocenters. The number of aliphatic carboxylic acids is 1. The third-order valence-corrected chi connectivity index (χ3v) is 9.04. The number of carbonyl (C=O) groups excluding carboxylic acids is 1. The van der Waals surface area contributed by atoms with Crippen molar-refractivity contribution in [3.63, 3.8) is 0 Å². The molecule has 240 valence electrons. The lowest BCUT2D eigenvalue weighted by molar-refractivity contribution is -0.242. The summed E-state index contributed by atoms with van der Waals surface area (Å²) < 4.78 is 111. The number of sulfonamides is 1. The van der Waals surface area contributed by atoms with Crippen LogP contribution in [0.3, 0.4) is 0 Å². The van der Waals surface area contributed by atoms with Gasteiger partial charge in [-0.1, -0.05) is 25.2 Å². The van der Waals surface area contributed by atoms with Crippen molar-refractivity contribution in [3.8, 4) is 10.8 Å². The molecular weight excluding hydrogens is 629 g/mol. The van der Waals surface area contributed by atoms with Crippen molar-refractivity contribution < 1.29 is 59.3 Å². The summed E-state index contributed by atoms with van der Waals surface area (Å²) in [7, 11) is -4.70. The van der Waals surface area contributed by atoms with Gasteiger partial charge in [-0.3, -0.25) is 14.4 Å². The van der Waals surface area contributed by atoms with E-state index < -0.39 is 75.0 Å². The number of anilines is 2. The molecule has 2 unspecified atom stereocenters. The molecule has 0 saturated heterocycles. The van der Waals surface area contributed by atoms with Gasteiger partial charge in [0.1, 0.15) is 11.9 Å². The van der Waals surface area contributed by atoms with Crippen LogP contribution in [0.1, 0.15) is 46.0 Å². The fourth-order valence-corrected chi connectivity index (χ4v) is 6.42. The zero-order valence-corrected chi connectivity index (χ0v) is 25.3. The van der Waals surface area contributed by atoms with Gasteiger partial charge in [0.2, 0.25) is 15.7 Å². The molecule has 18 heteroatoms. The Kier molecular flexibility index (Phi) is 9.75. The van der Waals surface area contributed by atoms with E-state index in [-0.39, 0.29) is 35.0 Å². The number of fused-ring (bicyclic) bond motifs is 1. The largest absolute Gasteiger partial charge is 0.486 e. The van der Waals surface area contributed by atoms with Crippen LogP contribution in [0.25, 0.3) is 0 Å². The molecule has 1 aliphatic heterocycles. The summed E-state index contributed by atoms with van der Waals surface area (Å²) >= 11 is 0.760. The molecule has 2 aromatic rings. The van der Waals surface area contributed by atoms with E-state index in [9.17, 15) is 45.1 Å². The minimum atomic E-state index is -4.88. The maximum absolute atomic E-state index is 14.0. The van der Waals surface area contributed by atoms with Crippen molar-refractivity contribution >= 4 is 44.8 Å². The lowest BCUT2D eigenvalue weighted by Gasteiger charge is -2.36. The Morgan fingerprint density at radius 3 is 2.44 bits per heavy atom. The number of amides is 1. The van der Waals surface area contributed by atoms with Crippen LogP contribution in [0.4, 0.5) is 38.1 Å². The second kappa shape index (κ2) is 12.3. The fourth-order valence-electron chi connectivity index (χ4n) is 3.70. The first-order valence-electron chi connectivity index (χ1n) is 12.8.